The summed E-state index contributed by atoms with van der Waals surface area (Å²) in [6, 6.07) is 20.0. The number of carbonyl (C=O) groups is 2. The quantitative estimate of drug-likeness (QED) is 0.0434. The second-order valence-corrected chi connectivity index (χ2v) is 17.2. The Bertz CT molecular complexity index is 2500. The SMILES string of the molecule is COc1cccc(Nc2c(C(N)=O)cnc3c(C)cc(S(=O)(=O)c4cccc(C(=O)NCCCCCCNC[C@@H](O)c5ccc(O)c(NS(C)(=O)=O)c5)c4)cc23)c1. The minimum Gasteiger partial charge on any atom is -0.506 e. The van der Waals surface area contributed by atoms with Crippen molar-refractivity contribution in [1.82, 2.24) is 15.6 Å². The van der Waals surface area contributed by atoms with Gasteiger partial charge in [0.05, 0.1) is 51.7 Å². The van der Waals surface area contributed by atoms with Crippen LogP contribution in [0.25, 0.3) is 10.9 Å². The molecule has 0 fully saturated rings. The number of carbonyl (C=O) groups excluding carboxylic acids is 2. The molecule has 0 aliphatic rings. The maximum Gasteiger partial charge on any atom is 0.252 e. The molecule has 0 unspecified atom stereocenters. The number of unbranched alkanes of at least 4 members (excludes halogenated alkanes) is 3. The Kier molecular flexibility index (Phi) is 13.7. The van der Waals surface area contributed by atoms with Crippen LogP contribution < -0.4 is 31.1 Å². The van der Waals surface area contributed by atoms with Crippen LogP contribution in [0.15, 0.2) is 94.9 Å². The number of phenols is 1. The van der Waals surface area contributed by atoms with Crippen molar-refractivity contribution < 1.29 is 41.4 Å². The van der Waals surface area contributed by atoms with Gasteiger partial charge in [-0.1, -0.05) is 31.0 Å². The van der Waals surface area contributed by atoms with Gasteiger partial charge in [-0.15, -0.1) is 0 Å². The van der Waals surface area contributed by atoms with Crippen LogP contribution in [0.2, 0.25) is 0 Å². The van der Waals surface area contributed by atoms with Crippen LogP contribution in [-0.2, 0) is 19.9 Å². The molecular formula is C40H46N6O9S2. The summed E-state index contributed by atoms with van der Waals surface area (Å²) < 4.78 is 58.7. The Morgan fingerprint density at radius 3 is 2.35 bits per heavy atom. The maximum absolute atomic E-state index is 14.0. The molecule has 302 valence electrons. The van der Waals surface area contributed by atoms with Crippen LogP contribution in [0.4, 0.5) is 17.1 Å². The van der Waals surface area contributed by atoms with Crippen LogP contribution in [0.1, 0.15) is 63.6 Å². The Morgan fingerprint density at radius 1 is 0.895 bits per heavy atom. The number of ether oxygens (including phenoxy) is 1. The third kappa shape index (κ3) is 11.0. The summed E-state index contributed by atoms with van der Waals surface area (Å²) in [5.41, 5.74) is 8.28. The molecule has 1 heterocycles. The number of methoxy groups -OCH3 is 1. The number of primary amides is 1. The fourth-order valence-electron chi connectivity index (χ4n) is 6.14. The Morgan fingerprint density at radius 2 is 1.63 bits per heavy atom. The number of sulfone groups is 1. The van der Waals surface area contributed by atoms with Gasteiger partial charge < -0.3 is 36.6 Å². The summed E-state index contributed by atoms with van der Waals surface area (Å²) >= 11 is 0. The molecule has 5 aromatic rings. The predicted octanol–water partition coefficient (Wildman–Crippen LogP) is 4.92. The van der Waals surface area contributed by atoms with Crippen molar-refractivity contribution in [2.45, 2.75) is 48.5 Å². The first-order valence-electron chi connectivity index (χ1n) is 18.0. The zero-order chi connectivity index (χ0) is 41.3. The zero-order valence-corrected chi connectivity index (χ0v) is 33.3. The van der Waals surface area contributed by atoms with Gasteiger partial charge in [-0.2, -0.15) is 0 Å². The van der Waals surface area contributed by atoms with E-state index in [1.54, 1.807) is 37.3 Å². The van der Waals surface area contributed by atoms with E-state index in [0.717, 1.165) is 25.5 Å². The molecule has 1 aromatic heterocycles. The lowest BCUT2D eigenvalue weighted by molar-refractivity contribution is 0.0951. The highest BCUT2D eigenvalue weighted by atomic mass is 32.2. The number of pyridine rings is 1. The van der Waals surface area contributed by atoms with E-state index < -0.39 is 37.8 Å². The standard InChI is InChI=1S/C40H46N6O9S2/c1-25-18-31(22-32-37(25)44-23-33(39(41)49)38(32)45-28-11-9-12-29(21-28)55-2)57(53,54)30-13-8-10-27(19-30)40(50)43-17-7-5-4-6-16-42-24-36(48)26-14-15-35(47)34(20-26)46-56(3,51)52/h8-15,18-23,36,42,46-48H,4-7,16-17,24H2,1-3H3,(H2,41,49)(H,43,50)(H,44,45)/t36-/m1/s1. The van der Waals surface area contributed by atoms with Gasteiger partial charge in [-0.05, 0) is 92.0 Å². The number of aromatic nitrogens is 1. The van der Waals surface area contributed by atoms with E-state index >= 15 is 0 Å². The number of aryl methyl sites for hydroxylation is 1. The highest BCUT2D eigenvalue weighted by molar-refractivity contribution is 7.92. The van der Waals surface area contributed by atoms with E-state index in [1.165, 1.54) is 61.8 Å². The van der Waals surface area contributed by atoms with Crippen molar-refractivity contribution in [3.05, 3.63) is 107 Å². The number of sulfonamides is 1. The lowest BCUT2D eigenvalue weighted by Crippen LogP contribution is -2.25. The summed E-state index contributed by atoms with van der Waals surface area (Å²) in [6.07, 6.45) is 4.58. The number of anilines is 3. The number of aromatic hydroxyl groups is 1. The molecule has 5 rings (SSSR count). The Hall–Kier alpha value is -5.75. The second kappa shape index (κ2) is 18.5. The van der Waals surface area contributed by atoms with E-state index in [4.69, 9.17) is 10.5 Å². The highest BCUT2D eigenvalue weighted by Crippen LogP contribution is 2.35. The van der Waals surface area contributed by atoms with Gasteiger partial charge in [0, 0.05) is 42.0 Å². The molecular weight excluding hydrogens is 773 g/mol. The van der Waals surface area contributed by atoms with Crippen molar-refractivity contribution in [2.75, 3.05) is 43.0 Å². The molecule has 2 amide bonds. The summed E-state index contributed by atoms with van der Waals surface area (Å²) in [4.78, 5) is 29.8. The Balaban J connectivity index is 1.16. The molecule has 8 N–H and O–H groups in total. The molecule has 0 radical (unpaired) electrons. The van der Waals surface area contributed by atoms with Gasteiger partial charge in [0.15, 0.2) is 0 Å². The zero-order valence-electron chi connectivity index (χ0n) is 31.7. The molecule has 0 bridgehead atoms. The fourth-order valence-corrected chi connectivity index (χ4v) is 8.12. The van der Waals surface area contributed by atoms with Gasteiger partial charge in [-0.25, -0.2) is 16.8 Å². The summed E-state index contributed by atoms with van der Waals surface area (Å²) in [5, 5.41) is 30.0. The van der Waals surface area contributed by atoms with Gasteiger partial charge >= 0.3 is 0 Å². The second-order valence-electron chi connectivity index (χ2n) is 13.5. The number of phenolic OH excluding ortho intramolecular Hbond substituents is 1. The van der Waals surface area contributed by atoms with Gasteiger partial charge in [0.1, 0.15) is 11.5 Å². The van der Waals surface area contributed by atoms with Crippen molar-refractivity contribution in [1.29, 1.82) is 0 Å². The summed E-state index contributed by atoms with van der Waals surface area (Å²) in [5.74, 6) is -0.843. The largest absolute Gasteiger partial charge is 0.506 e. The number of aliphatic hydroxyl groups excluding tert-OH is 1. The van der Waals surface area contributed by atoms with E-state index in [9.17, 15) is 36.6 Å². The van der Waals surface area contributed by atoms with Crippen LogP contribution in [-0.4, -0.2) is 76.8 Å². The van der Waals surface area contributed by atoms with Crippen LogP contribution >= 0.6 is 0 Å². The number of hydrogen-bond acceptors (Lipinski definition) is 12. The molecule has 1 atom stereocenters. The molecule has 0 saturated heterocycles. The number of benzene rings is 4. The van der Waals surface area contributed by atoms with Crippen molar-refractivity contribution in [3.63, 3.8) is 0 Å². The highest BCUT2D eigenvalue weighted by Gasteiger charge is 2.23. The first-order chi connectivity index (χ1) is 27.1. The third-order valence-corrected chi connectivity index (χ3v) is 11.4. The lowest BCUT2D eigenvalue weighted by atomic mass is 10.1. The van der Waals surface area contributed by atoms with Gasteiger partial charge in [0.25, 0.3) is 11.8 Å². The average Bonchev–Trinajstić information content (AvgIpc) is 3.17. The molecule has 15 nitrogen and oxygen atoms in total. The lowest BCUT2D eigenvalue weighted by Gasteiger charge is -2.16. The average molecular weight is 819 g/mol. The number of aliphatic hydroxyl groups is 1. The van der Waals surface area contributed by atoms with Crippen LogP contribution in [0.3, 0.4) is 0 Å². The van der Waals surface area contributed by atoms with Crippen molar-refractivity contribution >= 4 is 59.6 Å². The van der Waals surface area contributed by atoms with Crippen molar-refractivity contribution in [3.8, 4) is 11.5 Å². The van der Waals surface area contributed by atoms with Crippen LogP contribution in [0, 0.1) is 6.92 Å². The normalized spacial score (nSPS) is 12.2. The maximum atomic E-state index is 14.0. The minimum atomic E-state index is -4.14. The molecule has 17 heteroatoms. The summed E-state index contributed by atoms with van der Waals surface area (Å²) in [6.45, 7) is 2.95. The number of nitrogens with zero attached hydrogens (tertiary/aromatic N) is 1. The molecule has 0 saturated carbocycles. The van der Waals surface area contributed by atoms with E-state index in [2.05, 4.69) is 25.7 Å². The smallest absolute Gasteiger partial charge is 0.252 e. The van der Waals surface area contributed by atoms with Crippen LogP contribution in [0.5, 0.6) is 11.5 Å². The number of nitrogens with two attached hydrogens (primary N) is 1. The number of hydrogen-bond donors (Lipinski definition) is 7. The monoisotopic (exact) mass is 818 g/mol. The van der Waals surface area contributed by atoms with Gasteiger partial charge in [-0.3, -0.25) is 19.3 Å². The number of amides is 2. The number of fused-ring (bicyclic) bond motifs is 1. The van der Waals surface area contributed by atoms with E-state index in [0.29, 0.717) is 53.0 Å². The third-order valence-electron chi connectivity index (χ3n) is 9.06. The predicted molar refractivity (Wildman–Crippen MR) is 218 cm³/mol. The Labute approximate surface area is 331 Å². The molecule has 0 aliphatic carbocycles. The number of rotatable bonds is 19. The molecule has 57 heavy (non-hydrogen) atoms. The topological polar surface area (TPSA) is 239 Å². The first kappa shape index (κ1) is 42.4. The molecule has 0 spiro atoms. The fraction of sp³-hybridized carbons (Fsp3) is 0.275. The van der Waals surface area contributed by atoms with Gasteiger partial charge in [0.2, 0.25) is 19.9 Å². The van der Waals surface area contributed by atoms with Crippen molar-refractivity contribution in [2.24, 2.45) is 5.73 Å². The number of nitrogens with one attached hydrogen (secondary N) is 4. The van der Waals surface area contributed by atoms with E-state index in [-0.39, 0.29) is 44.6 Å². The molecule has 0 aliphatic heterocycles. The van der Waals surface area contributed by atoms with E-state index in [1.807, 2.05) is 0 Å². The first-order valence-corrected chi connectivity index (χ1v) is 21.4. The minimum absolute atomic E-state index is 0.0101. The molecule has 4 aromatic carbocycles. The summed E-state index contributed by atoms with van der Waals surface area (Å²) in [7, 11) is -6.22.